The summed E-state index contributed by atoms with van der Waals surface area (Å²) in [5.74, 6) is 0. The first-order valence-corrected chi connectivity index (χ1v) is 12.0. The number of hydrogen-bond donors (Lipinski definition) is 1. The Labute approximate surface area is 172 Å². The van der Waals surface area contributed by atoms with E-state index >= 15 is 0 Å². The van der Waals surface area contributed by atoms with E-state index in [1.54, 1.807) is 18.2 Å². The molecule has 0 bridgehead atoms. The highest BCUT2D eigenvalue weighted by atomic mass is 32.2. The first kappa shape index (κ1) is 24.4. The molecule has 0 spiro atoms. The molecule has 156 valence electrons. The molecule has 3 nitrogen and oxygen atoms in total. The van der Waals surface area contributed by atoms with Crippen molar-refractivity contribution in [1.82, 2.24) is 0 Å². The van der Waals surface area contributed by atoms with Crippen molar-refractivity contribution in [3.05, 3.63) is 66.2 Å². The Morgan fingerprint density at radius 3 is 1.50 bits per heavy atom. The molecular weight excluding hydrogens is 368 g/mol. The SMILES string of the molecule is CCCCCCCCCCCCc1ccccc1.O=S(=O)(O)c1ccccc1. The summed E-state index contributed by atoms with van der Waals surface area (Å²) in [5.41, 5.74) is 1.50. The van der Waals surface area contributed by atoms with Gasteiger partial charge in [0.1, 0.15) is 0 Å². The topological polar surface area (TPSA) is 54.4 Å². The van der Waals surface area contributed by atoms with Gasteiger partial charge in [0, 0.05) is 0 Å². The second-order valence-electron chi connectivity index (χ2n) is 7.21. The molecule has 0 heterocycles. The van der Waals surface area contributed by atoms with Crippen molar-refractivity contribution >= 4 is 10.1 Å². The summed E-state index contributed by atoms with van der Waals surface area (Å²) < 4.78 is 29.2. The van der Waals surface area contributed by atoms with Crippen LogP contribution in [0.3, 0.4) is 0 Å². The summed E-state index contributed by atoms with van der Waals surface area (Å²) in [7, 11) is -4.00. The number of unbranched alkanes of at least 4 members (excludes halogenated alkanes) is 9. The molecule has 0 aromatic heterocycles. The zero-order valence-electron chi connectivity index (χ0n) is 17.2. The molecule has 2 rings (SSSR count). The van der Waals surface area contributed by atoms with Crippen molar-refractivity contribution in [2.45, 2.75) is 82.4 Å². The van der Waals surface area contributed by atoms with Gasteiger partial charge in [-0.3, -0.25) is 4.55 Å². The molecule has 2 aromatic rings. The minimum absolute atomic E-state index is 0.0741. The average Bonchev–Trinajstić information content (AvgIpc) is 2.71. The van der Waals surface area contributed by atoms with E-state index in [4.69, 9.17) is 4.55 Å². The predicted molar refractivity (Wildman–Crippen MR) is 118 cm³/mol. The molecule has 0 aliphatic carbocycles. The molecule has 4 heteroatoms. The lowest BCUT2D eigenvalue weighted by Gasteiger charge is -2.03. The third-order valence-corrected chi connectivity index (χ3v) is 5.57. The van der Waals surface area contributed by atoms with Crippen LogP contribution in [0.15, 0.2) is 65.6 Å². The van der Waals surface area contributed by atoms with Crippen LogP contribution in [0.1, 0.15) is 76.7 Å². The van der Waals surface area contributed by atoms with E-state index in [-0.39, 0.29) is 4.90 Å². The van der Waals surface area contributed by atoms with Crippen LogP contribution in [0.5, 0.6) is 0 Å². The Hall–Kier alpha value is -1.65. The molecule has 2 aromatic carbocycles. The van der Waals surface area contributed by atoms with Gasteiger partial charge in [0.15, 0.2) is 0 Å². The normalized spacial score (nSPS) is 10.9. The second kappa shape index (κ2) is 15.3. The molecule has 28 heavy (non-hydrogen) atoms. The Morgan fingerprint density at radius 1 is 0.643 bits per heavy atom. The van der Waals surface area contributed by atoms with Gasteiger partial charge in [-0.25, -0.2) is 0 Å². The van der Waals surface area contributed by atoms with Crippen LogP contribution in [-0.2, 0) is 16.5 Å². The van der Waals surface area contributed by atoms with Crippen molar-refractivity contribution < 1.29 is 13.0 Å². The van der Waals surface area contributed by atoms with Gasteiger partial charge in [-0.1, -0.05) is 113 Å². The maximum atomic E-state index is 10.4. The van der Waals surface area contributed by atoms with Crippen molar-refractivity contribution in [1.29, 1.82) is 0 Å². The van der Waals surface area contributed by atoms with E-state index in [1.807, 2.05) is 0 Å². The average molecular weight is 405 g/mol. The Morgan fingerprint density at radius 2 is 1.07 bits per heavy atom. The number of benzene rings is 2. The van der Waals surface area contributed by atoms with E-state index in [2.05, 4.69) is 37.3 Å². The molecular formula is C24H36O3S. The summed E-state index contributed by atoms with van der Waals surface area (Å²) in [6.07, 6.45) is 15.5. The zero-order chi connectivity index (χ0) is 20.5. The molecule has 0 aliphatic heterocycles. The summed E-state index contributed by atoms with van der Waals surface area (Å²) in [6, 6.07) is 18.3. The lowest BCUT2D eigenvalue weighted by atomic mass is 10.0. The Bertz CT molecular complexity index is 697. The highest BCUT2D eigenvalue weighted by Gasteiger charge is 2.05. The van der Waals surface area contributed by atoms with Gasteiger partial charge in [-0.05, 0) is 30.5 Å². The first-order chi connectivity index (χ1) is 13.5. The smallest absolute Gasteiger partial charge is 0.282 e. The van der Waals surface area contributed by atoms with Crippen LogP contribution in [0, 0.1) is 0 Å². The fourth-order valence-corrected chi connectivity index (χ4v) is 3.55. The van der Waals surface area contributed by atoms with Crippen LogP contribution in [-0.4, -0.2) is 13.0 Å². The van der Waals surface area contributed by atoms with Crippen molar-refractivity contribution in [3.63, 3.8) is 0 Å². The quantitative estimate of drug-likeness (QED) is 0.304. The van der Waals surface area contributed by atoms with Gasteiger partial charge in [-0.15, -0.1) is 0 Å². The zero-order valence-corrected chi connectivity index (χ0v) is 18.0. The fourth-order valence-electron chi connectivity index (χ4n) is 3.05. The molecule has 0 atom stereocenters. The Kier molecular flexibility index (Phi) is 13.3. The molecule has 0 amide bonds. The summed E-state index contributed by atoms with van der Waals surface area (Å²) in [4.78, 5) is -0.0741. The molecule has 0 radical (unpaired) electrons. The van der Waals surface area contributed by atoms with Gasteiger partial charge < -0.3 is 0 Å². The summed E-state index contributed by atoms with van der Waals surface area (Å²) in [6.45, 7) is 2.28. The fraction of sp³-hybridized carbons (Fsp3) is 0.500. The predicted octanol–water partition coefficient (Wildman–Crippen LogP) is 7.08. The van der Waals surface area contributed by atoms with Gasteiger partial charge in [0.2, 0.25) is 0 Å². The van der Waals surface area contributed by atoms with Crippen molar-refractivity contribution in [3.8, 4) is 0 Å². The van der Waals surface area contributed by atoms with E-state index in [9.17, 15) is 8.42 Å². The Balaban J connectivity index is 0.000000330. The van der Waals surface area contributed by atoms with Crippen LogP contribution >= 0.6 is 0 Å². The third kappa shape index (κ3) is 12.7. The monoisotopic (exact) mass is 404 g/mol. The van der Waals surface area contributed by atoms with E-state index in [0.717, 1.165) is 0 Å². The minimum Gasteiger partial charge on any atom is -0.282 e. The van der Waals surface area contributed by atoms with Crippen molar-refractivity contribution in [2.24, 2.45) is 0 Å². The van der Waals surface area contributed by atoms with Crippen LogP contribution < -0.4 is 0 Å². The van der Waals surface area contributed by atoms with E-state index in [0.29, 0.717) is 0 Å². The first-order valence-electron chi connectivity index (χ1n) is 10.6. The number of aryl methyl sites for hydroxylation is 1. The van der Waals surface area contributed by atoms with Crippen LogP contribution in [0.4, 0.5) is 0 Å². The molecule has 0 aliphatic rings. The lowest BCUT2D eigenvalue weighted by Crippen LogP contribution is -1.96. The van der Waals surface area contributed by atoms with Gasteiger partial charge in [-0.2, -0.15) is 8.42 Å². The van der Waals surface area contributed by atoms with Crippen molar-refractivity contribution in [2.75, 3.05) is 0 Å². The minimum atomic E-state index is -4.00. The second-order valence-corrected chi connectivity index (χ2v) is 8.63. The lowest BCUT2D eigenvalue weighted by molar-refractivity contribution is 0.483. The highest BCUT2D eigenvalue weighted by Crippen LogP contribution is 2.12. The third-order valence-electron chi connectivity index (χ3n) is 4.70. The van der Waals surface area contributed by atoms with Gasteiger partial charge in [0.25, 0.3) is 10.1 Å². The maximum Gasteiger partial charge on any atom is 0.294 e. The summed E-state index contributed by atoms with van der Waals surface area (Å²) in [5, 5.41) is 0. The standard InChI is InChI=1S/C18H30.C6H6O3S/c1-2-3-4-5-6-7-8-9-10-12-15-18-16-13-11-14-17-18;7-10(8,9)6-4-2-1-3-5-6/h11,13-14,16-17H,2-10,12,15H2,1H3;1-5H,(H,7,8,9). The van der Waals surface area contributed by atoms with Gasteiger partial charge in [0.05, 0.1) is 4.90 Å². The molecule has 0 fully saturated rings. The van der Waals surface area contributed by atoms with E-state index < -0.39 is 10.1 Å². The molecule has 0 saturated carbocycles. The number of rotatable bonds is 12. The molecule has 1 N–H and O–H groups in total. The maximum absolute atomic E-state index is 10.4. The number of hydrogen-bond acceptors (Lipinski definition) is 2. The largest absolute Gasteiger partial charge is 0.294 e. The van der Waals surface area contributed by atoms with Crippen LogP contribution in [0.2, 0.25) is 0 Å². The van der Waals surface area contributed by atoms with Crippen LogP contribution in [0.25, 0.3) is 0 Å². The molecule has 0 saturated heterocycles. The van der Waals surface area contributed by atoms with E-state index in [1.165, 1.54) is 88.3 Å². The molecule has 0 unspecified atom stereocenters. The summed E-state index contributed by atoms with van der Waals surface area (Å²) >= 11 is 0. The van der Waals surface area contributed by atoms with Gasteiger partial charge >= 0.3 is 0 Å². The highest BCUT2D eigenvalue weighted by molar-refractivity contribution is 7.85.